The lowest BCUT2D eigenvalue weighted by Gasteiger charge is -2.39. The number of hydrogen-bond acceptors (Lipinski definition) is 5. The highest BCUT2D eigenvalue weighted by molar-refractivity contribution is 7.89. The first kappa shape index (κ1) is 22.4. The smallest absolute Gasteiger partial charge is 0.251 e. The first-order valence-electron chi connectivity index (χ1n) is 9.91. The maximum Gasteiger partial charge on any atom is 0.251 e. The fraction of sp³-hybridized carbons (Fsp3) is 0.409. The summed E-state index contributed by atoms with van der Waals surface area (Å²) in [4.78, 5) is 12.8. The molecule has 1 aliphatic rings. The zero-order valence-corrected chi connectivity index (χ0v) is 18.1. The van der Waals surface area contributed by atoms with Gasteiger partial charge in [0.2, 0.25) is 10.0 Å². The van der Waals surface area contributed by atoms with Crippen LogP contribution in [-0.4, -0.2) is 57.6 Å². The fourth-order valence-electron chi connectivity index (χ4n) is 3.69. The highest BCUT2D eigenvalue weighted by Gasteiger charge is 2.39. The van der Waals surface area contributed by atoms with E-state index in [0.29, 0.717) is 31.6 Å². The molecule has 1 atom stereocenters. The Hall–Kier alpha value is -2.26. The van der Waals surface area contributed by atoms with E-state index in [4.69, 9.17) is 4.74 Å². The third-order valence-electron chi connectivity index (χ3n) is 5.58. The van der Waals surface area contributed by atoms with Gasteiger partial charge in [0.15, 0.2) is 0 Å². The van der Waals surface area contributed by atoms with E-state index in [1.807, 2.05) is 30.3 Å². The van der Waals surface area contributed by atoms with E-state index in [1.165, 1.54) is 38.4 Å². The summed E-state index contributed by atoms with van der Waals surface area (Å²) in [7, 11) is -0.646. The lowest BCUT2D eigenvalue weighted by molar-refractivity contribution is -0.0680. The van der Waals surface area contributed by atoms with Gasteiger partial charge in [-0.15, -0.1) is 0 Å². The minimum Gasteiger partial charge on any atom is -0.383 e. The van der Waals surface area contributed by atoms with Crippen LogP contribution in [0.3, 0.4) is 0 Å². The number of nitrogens with zero attached hydrogens (tertiary/aromatic N) is 1. The van der Waals surface area contributed by atoms with Crippen molar-refractivity contribution < 1.29 is 23.1 Å². The van der Waals surface area contributed by atoms with Crippen LogP contribution in [0.15, 0.2) is 59.5 Å². The molecule has 1 saturated heterocycles. The first-order chi connectivity index (χ1) is 14.2. The van der Waals surface area contributed by atoms with Crippen molar-refractivity contribution >= 4 is 15.9 Å². The van der Waals surface area contributed by atoms with Crippen molar-refractivity contribution in [2.24, 2.45) is 5.92 Å². The molecule has 1 amide bonds. The summed E-state index contributed by atoms with van der Waals surface area (Å²) in [6.45, 7) is 1.21. The molecule has 0 aliphatic carbocycles. The van der Waals surface area contributed by atoms with Gasteiger partial charge in [0.1, 0.15) is 5.60 Å². The third kappa shape index (κ3) is 4.73. The molecule has 1 unspecified atom stereocenters. The minimum atomic E-state index is -3.56. The molecule has 1 heterocycles. The van der Waals surface area contributed by atoms with E-state index in [-0.39, 0.29) is 23.3 Å². The van der Waals surface area contributed by atoms with Crippen molar-refractivity contribution in [1.82, 2.24) is 9.62 Å². The number of sulfonamides is 1. The molecule has 30 heavy (non-hydrogen) atoms. The van der Waals surface area contributed by atoms with Gasteiger partial charge >= 0.3 is 0 Å². The van der Waals surface area contributed by atoms with Gasteiger partial charge in [-0.05, 0) is 48.6 Å². The number of rotatable bonds is 7. The summed E-state index contributed by atoms with van der Waals surface area (Å²) >= 11 is 0. The third-order valence-corrected chi connectivity index (χ3v) is 7.41. The average molecular weight is 433 g/mol. The van der Waals surface area contributed by atoms with Gasteiger partial charge in [0.25, 0.3) is 5.91 Å². The average Bonchev–Trinajstić information content (AvgIpc) is 2.78. The van der Waals surface area contributed by atoms with Crippen LogP contribution in [0.25, 0.3) is 0 Å². The second-order valence-electron chi connectivity index (χ2n) is 7.67. The molecule has 0 spiro atoms. The van der Waals surface area contributed by atoms with Crippen LogP contribution in [-0.2, 0) is 20.4 Å². The number of ether oxygens (including phenoxy) is 1. The van der Waals surface area contributed by atoms with Gasteiger partial charge in [-0.25, -0.2) is 12.7 Å². The Morgan fingerprint density at radius 2 is 1.70 bits per heavy atom. The van der Waals surface area contributed by atoms with E-state index in [1.54, 1.807) is 0 Å². The Kier molecular flexibility index (Phi) is 6.92. The number of aliphatic hydroxyl groups is 1. The van der Waals surface area contributed by atoms with Gasteiger partial charge in [-0.2, -0.15) is 0 Å². The van der Waals surface area contributed by atoms with E-state index in [0.717, 1.165) is 9.87 Å². The second kappa shape index (κ2) is 9.26. The summed E-state index contributed by atoms with van der Waals surface area (Å²) in [5.41, 5.74) is -0.130. The topological polar surface area (TPSA) is 95.9 Å². The second-order valence-corrected chi connectivity index (χ2v) is 9.82. The number of carbonyl (C=O) groups is 1. The Bertz CT molecular complexity index is 955. The molecule has 2 aromatic carbocycles. The number of nitrogens with one attached hydrogen (secondary N) is 1. The first-order valence-corrected chi connectivity index (χ1v) is 11.4. The highest BCUT2D eigenvalue weighted by atomic mass is 32.2. The predicted octanol–water partition coefficient (Wildman–Crippen LogP) is 1.98. The number of hydrogen-bond donors (Lipinski definition) is 2. The molecule has 1 fully saturated rings. The standard InChI is InChI=1S/C22H28N2O5S/c1-24(2)30(27,28)20-10-8-17(9-11-20)21(25)23-16-22(26,18-6-4-3-5-7-18)19-12-14-29-15-13-19/h3-11,19,26H,12-16H2,1-2H3,(H,23,25). The van der Waals surface area contributed by atoms with E-state index in [2.05, 4.69) is 5.32 Å². The Labute approximate surface area is 177 Å². The predicted molar refractivity (Wildman–Crippen MR) is 114 cm³/mol. The van der Waals surface area contributed by atoms with Crippen LogP contribution < -0.4 is 5.32 Å². The maximum atomic E-state index is 12.7. The van der Waals surface area contributed by atoms with Crippen molar-refractivity contribution in [2.45, 2.75) is 23.3 Å². The molecule has 0 saturated carbocycles. The molecule has 162 valence electrons. The van der Waals surface area contributed by atoms with Crippen LogP contribution in [0, 0.1) is 5.92 Å². The zero-order valence-electron chi connectivity index (χ0n) is 17.2. The zero-order chi connectivity index (χ0) is 21.8. The summed E-state index contributed by atoms with van der Waals surface area (Å²) in [5.74, 6) is -0.410. The van der Waals surface area contributed by atoms with Gasteiger partial charge in [0, 0.05) is 32.9 Å². The highest BCUT2D eigenvalue weighted by Crippen LogP contribution is 2.35. The molecule has 0 radical (unpaired) electrons. The minimum absolute atomic E-state index is 0.0402. The van der Waals surface area contributed by atoms with Crippen LogP contribution >= 0.6 is 0 Å². The molecule has 2 N–H and O–H groups in total. The molecule has 0 bridgehead atoms. The Balaban J connectivity index is 1.76. The van der Waals surface area contributed by atoms with Crippen molar-refractivity contribution in [3.63, 3.8) is 0 Å². The van der Waals surface area contributed by atoms with Crippen LogP contribution in [0.5, 0.6) is 0 Å². The van der Waals surface area contributed by atoms with Gasteiger partial charge in [-0.3, -0.25) is 4.79 Å². The number of carbonyl (C=O) groups excluding carboxylic acids is 1. The van der Waals surface area contributed by atoms with Gasteiger partial charge < -0.3 is 15.2 Å². The fourth-order valence-corrected chi connectivity index (χ4v) is 4.59. The normalized spacial score (nSPS) is 17.5. The monoisotopic (exact) mass is 432 g/mol. The van der Waals surface area contributed by atoms with Gasteiger partial charge in [-0.1, -0.05) is 30.3 Å². The van der Waals surface area contributed by atoms with E-state index < -0.39 is 15.6 Å². The maximum absolute atomic E-state index is 12.7. The summed E-state index contributed by atoms with van der Waals surface area (Å²) in [6, 6.07) is 15.1. The molecule has 7 nitrogen and oxygen atoms in total. The van der Waals surface area contributed by atoms with Gasteiger partial charge in [0.05, 0.1) is 11.4 Å². The molecular weight excluding hydrogens is 404 g/mol. The number of amides is 1. The largest absolute Gasteiger partial charge is 0.383 e. The van der Waals surface area contributed by atoms with Crippen LogP contribution in [0.2, 0.25) is 0 Å². The van der Waals surface area contributed by atoms with E-state index >= 15 is 0 Å². The number of benzene rings is 2. The molecule has 2 aromatic rings. The Morgan fingerprint density at radius 1 is 1.10 bits per heavy atom. The summed E-state index contributed by atoms with van der Waals surface area (Å²) in [6.07, 6.45) is 1.41. The van der Waals surface area contributed by atoms with Crippen molar-refractivity contribution in [3.8, 4) is 0 Å². The summed E-state index contributed by atoms with van der Waals surface area (Å²) < 4.78 is 30.9. The molecule has 0 aromatic heterocycles. The summed E-state index contributed by atoms with van der Waals surface area (Å²) in [5, 5.41) is 14.4. The SMILES string of the molecule is CN(C)S(=O)(=O)c1ccc(C(=O)NCC(O)(c2ccccc2)C2CCOCC2)cc1. The lowest BCUT2D eigenvalue weighted by Crippen LogP contribution is -2.47. The molecular formula is C22H28N2O5S. The lowest BCUT2D eigenvalue weighted by atomic mass is 9.77. The molecule has 3 rings (SSSR count). The van der Waals surface area contributed by atoms with E-state index in [9.17, 15) is 18.3 Å². The molecule has 8 heteroatoms. The quantitative estimate of drug-likeness (QED) is 0.698. The van der Waals surface area contributed by atoms with Crippen molar-refractivity contribution in [1.29, 1.82) is 0 Å². The van der Waals surface area contributed by atoms with Crippen molar-refractivity contribution in [3.05, 3.63) is 65.7 Å². The Morgan fingerprint density at radius 3 is 2.27 bits per heavy atom. The molecule has 1 aliphatic heterocycles. The van der Waals surface area contributed by atoms with Crippen LogP contribution in [0.4, 0.5) is 0 Å². The van der Waals surface area contributed by atoms with Crippen LogP contribution in [0.1, 0.15) is 28.8 Å². The van der Waals surface area contributed by atoms with Crippen molar-refractivity contribution in [2.75, 3.05) is 33.9 Å².